The van der Waals surface area contributed by atoms with Gasteiger partial charge in [0.05, 0.1) is 6.00 Å². The molecule has 0 aromatic heterocycles. The molecule has 0 radical (unpaired) electrons. The highest BCUT2D eigenvalue weighted by molar-refractivity contribution is 6.17. The Balaban J connectivity index is 0.000000246. The van der Waals surface area contributed by atoms with Crippen molar-refractivity contribution in [2.45, 2.75) is 19.3 Å². The fraction of sp³-hybridized carbons (Fsp3) is 0.429. The van der Waals surface area contributed by atoms with E-state index < -0.39 is 18.4 Å². The minimum Gasteiger partial charge on any atom is -0.481 e. The molecule has 0 saturated carbocycles. The molecule has 5 nitrogen and oxygen atoms in total. The summed E-state index contributed by atoms with van der Waals surface area (Å²) in [5.41, 5.74) is 2.99. The molecule has 0 saturated heterocycles. The second-order valence-corrected chi connectivity index (χ2v) is 4.71. The van der Waals surface area contributed by atoms with Crippen molar-refractivity contribution in [3.8, 4) is 0 Å². The highest BCUT2D eigenvalue weighted by atomic mass is 35.5. The van der Waals surface area contributed by atoms with Crippen molar-refractivity contribution in [1.29, 1.82) is 0 Å². The minimum absolute atomic E-state index is 0.661. The van der Waals surface area contributed by atoms with E-state index in [-0.39, 0.29) is 0 Å². The van der Waals surface area contributed by atoms with Crippen LogP contribution in [0.4, 0.5) is 0 Å². The van der Waals surface area contributed by atoms with Gasteiger partial charge in [0, 0.05) is 13.1 Å². The lowest BCUT2D eigenvalue weighted by atomic mass is 10.0. The quantitative estimate of drug-likeness (QED) is 0.506. The van der Waals surface area contributed by atoms with Crippen LogP contribution in [0.5, 0.6) is 0 Å². The number of carboxylic acid groups (broad SMARTS) is 2. The van der Waals surface area contributed by atoms with Gasteiger partial charge < -0.3 is 10.2 Å². The highest BCUT2D eigenvalue weighted by Crippen LogP contribution is 2.15. The van der Waals surface area contributed by atoms with Crippen LogP contribution in [-0.2, 0) is 22.4 Å². The molecule has 1 aromatic carbocycles. The van der Waals surface area contributed by atoms with E-state index in [9.17, 15) is 9.59 Å². The van der Waals surface area contributed by atoms with Crippen LogP contribution in [-0.4, -0.2) is 46.1 Å². The monoisotopic (exact) mass is 299 g/mol. The minimum atomic E-state index is -1.31. The van der Waals surface area contributed by atoms with E-state index in [1.165, 1.54) is 11.1 Å². The average Bonchev–Trinajstić information content (AvgIpc) is 2.60. The Kier molecular flexibility index (Phi) is 7.04. The van der Waals surface area contributed by atoms with Crippen molar-refractivity contribution >= 4 is 23.5 Å². The van der Waals surface area contributed by atoms with E-state index >= 15 is 0 Å². The molecule has 110 valence electrons. The zero-order valence-electron chi connectivity index (χ0n) is 11.1. The predicted octanol–water partition coefficient (Wildman–Crippen LogP) is 1.83. The summed E-state index contributed by atoms with van der Waals surface area (Å²) in [6, 6.07) is 9.36. The molecule has 20 heavy (non-hydrogen) atoms. The molecule has 6 heteroatoms. The number of halogens is 1. The van der Waals surface area contributed by atoms with E-state index in [0.717, 1.165) is 25.9 Å². The molecular weight excluding hydrogens is 282 g/mol. The number of fused-ring (bicyclic) bond motifs is 1. The third-order valence-corrected chi connectivity index (χ3v) is 3.32. The Hall–Kier alpha value is -1.59. The molecule has 1 heterocycles. The van der Waals surface area contributed by atoms with E-state index in [1.807, 2.05) is 0 Å². The SMILES string of the molecule is ClCN1CCc2ccccc2CC1.O=C(O)CC(=O)O. The standard InChI is InChI=1S/C11H14ClN.C3H4O4/c12-9-13-7-5-10-3-1-2-4-11(10)6-8-13;4-2(5)1-3(6)7/h1-4H,5-9H2;1H2,(H,4,5)(H,6,7). The molecule has 0 unspecified atom stereocenters. The molecular formula is C14H18ClNO4. The van der Waals surface area contributed by atoms with Gasteiger partial charge in [-0.15, -0.1) is 11.6 Å². The van der Waals surface area contributed by atoms with Crippen molar-refractivity contribution in [1.82, 2.24) is 4.90 Å². The molecule has 0 spiro atoms. The smallest absolute Gasteiger partial charge is 0.314 e. The third-order valence-electron chi connectivity index (χ3n) is 2.98. The maximum Gasteiger partial charge on any atom is 0.314 e. The number of hydrogen-bond donors (Lipinski definition) is 2. The van der Waals surface area contributed by atoms with E-state index in [1.54, 1.807) is 0 Å². The van der Waals surface area contributed by atoms with Crippen molar-refractivity contribution in [3.63, 3.8) is 0 Å². The van der Waals surface area contributed by atoms with E-state index in [2.05, 4.69) is 29.2 Å². The lowest BCUT2D eigenvalue weighted by Gasteiger charge is -2.14. The second-order valence-electron chi connectivity index (χ2n) is 4.47. The van der Waals surface area contributed by atoms with Crippen LogP contribution in [0.15, 0.2) is 24.3 Å². The van der Waals surface area contributed by atoms with Gasteiger partial charge in [-0.1, -0.05) is 24.3 Å². The van der Waals surface area contributed by atoms with Crippen molar-refractivity contribution in [3.05, 3.63) is 35.4 Å². The Morgan fingerprint density at radius 3 is 1.80 bits per heavy atom. The summed E-state index contributed by atoms with van der Waals surface area (Å²) >= 11 is 5.82. The number of rotatable bonds is 3. The van der Waals surface area contributed by atoms with Gasteiger partial charge in [0.25, 0.3) is 0 Å². The van der Waals surface area contributed by atoms with Crippen LogP contribution in [0.2, 0.25) is 0 Å². The molecule has 2 rings (SSSR count). The third kappa shape index (κ3) is 6.04. The first-order valence-electron chi connectivity index (χ1n) is 6.31. The number of hydrogen-bond acceptors (Lipinski definition) is 3. The molecule has 0 aliphatic carbocycles. The molecule has 0 fully saturated rings. The van der Waals surface area contributed by atoms with Crippen molar-refractivity contribution in [2.75, 3.05) is 19.1 Å². The highest BCUT2D eigenvalue weighted by Gasteiger charge is 2.11. The summed E-state index contributed by atoms with van der Waals surface area (Å²) in [5, 5.41) is 15.4. The maximum absolute atomic E-state index is 9.43. The summed E-state index contributed by atoms with van der Waals surface area (Å²) in [5.74, 6) is -2.62. The molecule has 1 aliphatic heterocycles. The van der Waals surface area contributed by atoms with Crippen LogP contribution in [0.1, 0.15) is 17.5 Å². The number of aliphatic carboxylic acids is 2. The molecule has 0 atom stereocenters. The zero-order chi connectivity index (χ0) is 15.0. The Morgan fingerprint density at radius 2 is 1.50 bits per heavy atom. The Morgan fingerprint density at radius 1 is 1.05 bits per heavy atom. The van der Waals surface area contributed by atoms with Gasteiger partial charge in [0.2, 0.25) is 0 Å². The van der Waals surface area contributed by atoms with E-state index in [0.29, 0.717) is 6.00 Å². The summed E-state index contributed by atoms with van der Waals surface area (Å²) in [7, 11) is 0. The summed E-state index contributed by atoms with van der Waals surface area (Å²) in [4.78, 5) is 21.2. The zero-order valence-corrected chi connectivity index (χ0v) is 11.8. The first kappa shape index (κ1) is 16.5. The largest absolute Gasteiger partial charge is 0.481 e. The van der Waals surface area contributed by atoms with Gasteiger partial charge in [-0.05, 0) is 24.0 Å². The van der Waals surface area contributed by atoms with Gasteiger partial charge in [-0.2, -0.15) is 0 Å². The van der Waals surface area contributed by atoms with Crippen LogP contribution >= 0.6 is 11.6 Å². The topological polar surface area (TPSA) is 77.8 Å². The first-order chi connectivity index (χ1) is 9.52. The van der Waals surface area contributed by atoms with Crippen LogP contribution in [0.3, 0.4) is 0 Å². The Labute approximate surface area is 122 Å². The number of nitrogens with zero attached hydrogens (tertiary/aromatic N) is 1. The van der Waals surface area contributed by atoms with Gasteiger partial charge in [0.15, 0.2) is 0 Å². The van der Waals surface area contributed by atoms with Crippen molar-refractivity contribution < 1.29 is 19.8 Å². The lowest BCUT2D eigenvalue weighted by Crippen LogP contribution is -2.24. The van der Waals surface area contributed by atoms with Crippen LogP contribution < -0.4 is 0 Å². The number of carboxylic acids is 2. The van der Waals surface area contributed by atoms with Crippen LogP contribution in [0.25, 0.3) is 0 Å². The van der Waals surface area contributed by atoms with Gasteiger partial charge in [0.1, 0.15) is 6.42 Å². The molecule has 2 N–H and O–H groups in total. The molecule has 1 aromatic rings. The fourth-order valence-electron chi connectivity index (χ4n) is 1.96. The average molecular weight is 300 g/mol. The normalized spacial score (nSPS) is 14.4. The fourth-order valence-corrected chi connectivity index (χ4v) is 2.20. The van der Waals surface area contributed by atoms with E-state index in [4.69, 9.17) is 21.8 Å². The second kappa shape index (κ2) is 8.55. The molecule has 1 aliphatic rings. The summed E-state index contributed by atoms with van der Waals surface area (Å²) in [6.45, 7) is 2.20. The first-order valence-corrected chi connectivity index (χ1v) is 6.85. The van der Waals surface area contributed by atoms with Crippen LogP contribution in [0, 0.1) is 0 Å². The van der Waals surface area contributed by atoms with Gasteiger partial charge in [-0.3, -0.25) is 14.5 Å². The molecule has 0 bridgehead atoms. The maximum atomic E-state index is 9.43. The number of alkyl halides is 1. The predicted molar refractivity (Wildman–Crippen MR) is 76.0 cm³/mol. The lowest BCUT2D eigenvalue weighted by molar-refractivity contribution is -0.147. The van der Waals surface area contributed by atoms with Crippen molar-refractivity contribution in [2.24, 2.45) is 0 Å². The summed E-state index contributed by atoms with van der Waals surface area (Å²) in [6.07, 6.45) is 1.48. The van der Waals surface area contributed by atoms with Gasteiger partial charge >= 0.3 is 11.9 Å². The molecule has 0 amide bonds. The summed E-state index contributed by atoms with van der Waals surface area (Å²) < 4.78 is 0. The van der Waals surface area contributed by atoms with Gasteiger partial charge in [-0.25, -0.2) is 0 Å². The number of carbonyl (C=O) groups is 2. The number of benzene rings is 1. The Bertz CT molecular complexity index is 425.